The van der Waals surface area contributed by atoms with Gasteiger partial charge in [0.25, 0.3) is 0 Å². The van der Waals surface area contributed by atoms with E-state index in [9.17, 15) is 4.79 Å². The number of rotatable bonds is 5. The molecule has 2 rings (SSSR count). The molecular formula is C15H20ClN3OS2. The number of aliphatic imine (C=N–C) groups is 1. The van der Waals surface area contributed by atoms with Gasteiger partial charge >= 0.3 is 0 Å². The molecule has 0 bridgehead atoms. The minimum atomic E-state index is -0.0722. The second-order valence-corrected chi connectivity index (χ2v) is 7.78. The molecule has 0 saturated heterocycles. The summed E-state index contributed by atoms with van der Waals surface area (Å²) in [6.45, 7) is 4.83. The van der Waals surface area contributed by atoms with Crippen LogP contribution in [0.15, 0.2) is 11.1 Å². The topological polar surface area (TPSA) is 45.6 Å². The summed E-state index contributed by atoms with van der Waals surface area (Å²) in [5.41, 5.74) is 0.982. The Balaban J connectivity index is 2.22. The summed E-state index contributed by atoms with van der Waals surface area (Å²) in [4.78, 5) is 22.9. The Labute approximate surface area is 144 Å². The van der Waals surface area contributed by atoms with Gasteiger partial charge in [0.15, 0.2) is 5.15 Å². The lowest BCUT2D eigenvalue weighted by molar-refractivity contribution is -0.121. The first-order valence-corrected chi connectivity index (χ1v) is 9.61. The zero-order chi connectivity index (χ0) is 16.3. The Hall–Kier alpha value is -0.850. The molecule has 1 aromatic rings. The third-order valence-corrected chi connectivity index (χ3v) is 6.48. The number of carbonyl (C=O) groups is 1. The monoisotopic (exact) mass is 357 g/mol. The average molecular weight is 358 g/mol. The molecule has 22 heavy (non-hydrogen) atoms. The van der Waals surface area contributed by atoms with E-state index in [2.05, 4.69) is 23.0 Å². The maximum atomic E-state index is 12.6. The van der Waals surface area contributed by atoms with Crippen LogP contribution in [0.25, 0.3) is 5.57 Å². The van der Waals surface area contributed by atoms with Crippen molar-refractivity contribution in [3.63, 3.8) is 0 Å². The third-order valence-electron chi connectivity index (χ3n) is 3.77. The molecule has 2 unspecified atom stereocenters. The molecule has 0 radical (unpaired) electrons. The van der Waals surface area contributed by atoms with Crippen molar-refractivity contribution in [2.75, 3.05) is 24.7 Å². The number of hydrogen-bond acceptors (Lipinski definition) is 5. The van der Waals surface area contributed by atoms with Gasteiger partial charge in [0.1, 0.15) is 10.0 Å². The predicted octanol–water partition coefficient (Wildman–Crippen LogP) is 4.00. The molecule has 2 heterocycles. The lowest BCUT2D eigenvalue weighted by Gasteiger charge is -2.23. The van der Waals surface area contributed by atoms with Crippen LogP contribution in [0.5, 0.6) is 0 Å². The molecule has 1 aliphatic rings. The molecule has 2 atom stereocenters. The molecule has 0 saturated carbocycles. The number of allylic oxidation sites excluding steroid dienone is 1. The summed E-state index contributed by atoms with van der Waals surface area (Å²) >= 11 is 9.37. The van der Waals surface area contributed by atoms with E-state index < -0.39 is 0 Å². The van der Waals surface area contributed by atoms with Gasteiger partial charge in [0.05, 0.1) is 0 Å². The fourth-order valence-corrected chi connectivity index (χ4v) is 3.92. The summed E-state index contributed by atoms with van der Waals surface area (Å²) in [7, 11) is 1.76. The van der Waals surface area contributed by atoms with Crippen LogP contribution in [0, 0.1) is 5.92 Å². The fourth-order valence-electron chi connectivity index (χ4n) is 2.09. The fraction of sp³-hybridized carbons (Fsp3) is 0.533. The first-order valence-electron chi connectivity index (χ1n) is 7.12. The average Bonchev–Trinajstić information content (AvgIpc) is 2.94. The SMILES string of the molecule is CSC(C)C(C)C(=O)N(C)c1sc(C2=CCCN=C2)nc1Cl. The van der Waals surface area contributed by atoms with Crippen LogP contribution in [-0.2, 0) is 4.79 Å². The first kappa shape index (κ1) is 17.5. The zero-order valence-corrected chi connectivity index (χ0v) is 15.6. The van der Waals surface area contributed by atoms with E-state index in [0.29, 0.717) is 10.2 Å². The summed E-state index contributed by atoms with van der Waals surface area (Å²) in [5, 5.41) is 2.14. The third kappa shape index (κ3) is 3.73. The van der Waals surface area contributed by atoms with Gasteiger partial charge in [-0.1, -0.05) is 42.9 Å². The standard InChI is InChI=1S/C15H20ClN3OS2/c1-9(10(2)21-4)14(20)19(3)15-12(16)18-13(22-15)11-6-5-7-17-8-11/h6,8-10H,5,7H2,1-4H3. The summed E-state index contributed by atoms with van der Waals surface area (Å²) in [5.74, 6) is -0.0117. The molecule has 0 spiro atoms. The molecule has 0 aromatic carbocycles. The summed E-state index contributed by atoms with van der Waals surface area (Å²) < 4.78 is 0. The second-order valence-electron chi connectivity index (χ2n) is 5.23. The molecular weight excluding hydrogens is 338 g/mol. The number of halogens is 1. The van der Waals surface area contributed by atoms with Crippen molar-refractivity contribution in [1.29, 1.82) is 0 Å². The van der Waals surface area contributed by atoms with E-state index in [4.69, 9.17) is 11.6 Å². The van der Waals surface area contributed by atoms with E-state index in [1.54, 1.807) is 23.7 Å². The molecule has 1 aliphatic heterocycles. The van der Waals surface area contributed by atoms with Crippen LogP contribution in [0.1, 0.15) is 25.3 Å². The Morgan fingerprint density at radius 3 is 2.82 bits per heavy atom. The number of aromatic nitrogens is 1. The largest absolute Gasteiger partial charge is 0.304 e. The van der Waals surface area contributed by atoms with Crippen molar-refractivity contribution in [3.05, 3.63) is 16.2 Å². The van der Waals surface area contributed by atoms with Crippen molar-refractivity contribution in [3.8, 4) is 0 Å². The van der Waals surface area contributed by atoms with Crippen LogP contribution in [0.3, 0.4) is 0 Å². The van der Waals surface area contributed by atoms with Crippen LogP contribution in [0.4, 0.5) is 5.00 Å². The summed E-state index contributed by atoms with van der Waals surface area (Å²) in [6.07, 6.45) is 6.85. The second kappa shape index (κ2) is 7.62. The van der Waals surface area contributed by atoms with Gasteiger partial charge in [-0.15, -0.1) is 0 Å². The van der Waals surface area contributed by atoms with Gasteiger partial charge in [-0.3, -0.25) is 9.79 Å². The Kier molecular flexibility index (Phi) is 6.06. The van der Waals surface area contributed by atoms with Crippen molar-refractivity contribution >= 4 is 57.4 Å². The number of hydrogen-bond donors (Lipinski definition) is 0. The van der Waals surface area contributed by atoms with Crippen LogP contribution < -0.4 is 4.90 Å². The molecule has 4 nitrogen and oxygen atoms in total. The number of thiazole rings is 1. The first-order chi connectivity index (χ1) is 10.5. The molecule has 7 heteroatoms. The molecule has 1 amide bonds. The predicted molar refractivity (Wildman–Crippen MR) is 98.6 cm³/mol. The van der Waals surface area contributed by atoms with Gasteiger partial charge < -0.3 is 4.90 Å². The number of anilines is 1. The normalized spacial score (nSPS) is 17.0. The van der Waals surface area contributed by atoms with Crippen LogP contribution >= 0.6 is 34.7 Å². The highest BCUT2D eigenvalue weighted by atomic mass is 35.5. The van der Waals surface area contributed by atoms with E-state index in [0.717, 1.165) is 23.5 Å². The van der Waals surface area contributed by atoms with Gasteiger partial charge in [-0.25, -0.2) is 4.98 Å². The minimum absolute atomic E-state index is 0.0604. The van der Waals surface area contributed by atoms with Gasteiger partial charge in [-0.2, -0.15) is 11.8 Å². The summed E-state index contributed by atoms with van der Waals surface area (Å²) in [6, 6.07) is 0. The lowest BCUT2D eigenvalue weighted by atomic mass is 10.1. The van der Waals surface area contributed by atoms with Gasteiger partial charge in [-0.05, 0) is 12.7 Å². The van der Waals surface area contributed by atoms with Gasteiger partial charge in [0.2, 0.25) is 5.91 Å². The molecule has 120 valence electrons. The number of amides is 1. The molecule has 1 aromatic heterocycles. The van der Waals surface area contributed by atoms with Crippen molar-refractivity contribution in [2.24, 2.45) is 10.9 Å². The zero-order valence-electron chi connectivity index (χ0n) is 13.2. The van der Waals surface area contributed by atoms with E-state index >= 15 is 0 Å². The molecule has 0 fully saturated rings. The molecule has 0 aliphatic carbocycles. The van der Waals surface area contributed by atoms with E-state index in [1.807, 2.05) is 19.4 Å². The Bertz CT molecular complexity index is 612. The maximum Gasteiger partial charge on any atom is 0.231 e. The van der Waals surface area contributed by atoms with Crippen LogP contribution in [0.2, 0.25) is 5.15 Å². The van der Waals surface area contributed by atoms with Crippen molar-refractivity contribution < 1.29 is 4.79 Å². The number of thioether (sulfide) groups is 1. The number of dihydropyridines is 1. The maximum absolute atomic E-state index is 12.6. The molecule has 0 N–H and O–H groups in total. The number of carbonyl (C=O) groups excluding carboxylic acids is 1. The van der Waals surface area contributed by atoms with E-state index in [-0.39, 0.29) is 17.1 Å². The minimum Gasteiger partial charge on any atom is -0.304 e. The Morgan fingerprint density at radius 2 is 2.23 bits per heavy atom. The number of nitrogens with zero attached hydrogens (tertiary/aromatic N) is 3. The van der Waals surface area contributed by atoms with Crippen molar-refractivity contribution in [2.45, 2.75) is 25.5 Å². The van der Waals surface area contributed by atoms with Crippen LogP contribution in [-0.4, -0.2) is 42.2 Å². The Morgan fingerprint density at radius 1 is 1.50 bits per heavy atom. The smallest absolute Gasteiger partial charge is 0.231 e. The highest BCUT2D eigenvalue weighted by Crippen LogP contribution is 2.36. The van der Waals surface area contributed by atoms with Crippen molar-refractivity contribution in [1.82, 2.24) is 4.98 Å². The quantitative estimate of drug-likeness (QED) is 0.799. The van der Waals surface area contributed by atoms with E-state index in [1.165, 1.54) is 11.3 Å². The van der Waals surface area contributed by atoms with Gasteiger partial charge in [0, 0.05) is 36.5 Å². The highest BCUT2D eigenvalue weighted by molar-refractivity contribution is 7.99. The lowest BCUT2D eigenvalue weighted by Crippen LogP contribution is -2.35. The highest BCUT2D eigenvalue weighted by Gasteiger charge is 2.27.